The van der Waals surface area contributed by atoms with Gasteiger partial charge in [-0.25, -0.2) is 4.79 Å². The van der Waals surface area contributed by atoms with Gasteiger partial charge in [-0.2, -0.15) is 0 Å². The van der Waals surface area contributed by atoms with Gasteiger partial charge in [0.25, 0.3) is 0 Å². The van der Waals surface area contributed by atoms with Crippen LogP contribution in [-0.2, 0) is 14.0 Å². The molecule has 23 heavy (non-hydrogen) atoms. The number of allylic oxidation sites excluding steroid dienone is 1. The topological polar surface area (TPSA) is 44.8 Å². The second-order valence-electron chi connectivity index (χ2n) is 6.70. The Balaban J connectivity index is 1.66. The van der Waals surface area contributed by atoms with Gasteiger partial charge >= 0.3 is 13.1 Å². The molecular weight excluding hydrogens is 291 g/mol. The summed E-state index contributed by atoms with van der Waals surface area (Å²) in [5.41, 5.74) is -0.0410. The number of benzene rings is 1. The van der Waals surface area contributed by atoms with Crippen LogP contribution in [0.3, 0.4) is 0 Å². The standard InChI is InChI=1S/C18H25BO4/c1-17(2)18(3,4)23-19(22-17)13-9-6-10-14-21-16(20)15-11-7-5-8-12-15/h5,7-9,11-13H,6,10,14H2,1-4H3. The van der Waals surface area contributed by atoms with Crippen molar-refractivity contribution < 1.29 is 18.8 Å². The lowest BCUT2D eigenvalue weighted by atomic mass is 9.89. The largest absolute Gasteiger partial charge is 0.486 e. The van der Waals surface area contributed by atoms with E-state index in [2.05, 4.69) is 0 Å². The predicted octanol–water partition coefficient (Wildman–Crippen LogP) is 3.81. The average Bonchev–Trinajstić information content (AvgIpc) is 2.71. The second kappa shape index (κ2) is 7.32. The molecule has 1 aromatic rings. The summed E-state index contributed by atoms with van der Waals surface area (Å²) in [5, 5.41) is 0. The van der Waals surface area contributed by atoms with Crippen molar-refractivity contribution in [2.24, 2.45) is 0 Å². The Morgan fingerprint density at radius 3 is 2.35 bits per heavy atom. The molecule has 0 bridgehead atoms. The van der Waals surface area contributed by atoms with Crippen molar-refractivity contribution in [1.29, 1.82) is 0 Å². The molecule has 2 rings (SSSR count). The fourth-order valence-corrected chi connectivity index (χ4v) is 2.20. The highest BCUT2D eigenvalue weighted by molar-refractivity contribution is 6.51. The number of rotatable bonds is 6. The molecule has 0 saturated carbocycles. The molecule has 1 heterocycles. The first-order chi connectivity index (χ1) is 10.8. The van der Waals surface area contributed by atoms with Gasteiger partial charge in [0.15, 0.2) is 0 Å². The summed E-state index contributed by atoms with van der Waals surface area (Å²) in [7, 11) is -0.313. The van der Waals surface area contributed by atoms with Crippen LogP contribution < -0.4 is 0 Å². The van der Waals surface area contributed by atoms with Crippen molar-refractivity contribution in [3.63, 3.8) is 0 Å². The van der Waals surface area contributed by atoms with Crippen molar-refractivity contribution in [2.75, 3.05) is 6.61 Å². The first-order valence-corrected chi connectivity index (χ1v) is 8.06. The van der Waals surface area contributed by atoms with E-state index >= 15 is 0 Å². The summed E-state index contributed by atoms with van der Waals surface area (Å²) >= 11 is 0. The Kier molecular flexibility index (Phi) is 5.66. The zero-order chi connectivity index (χ0) is 16.9. The Morgan fingerprint density at radius 2 is 1.74 bits per heavy atom. The molecule has 1 aromatic carbocycles. The third-order valence-corrected chi connectivity index (χ3v) is 4.32. The van der Waals surface area contributed by atoms with E-state index in [0.717, 1.165) is 12.8 Å². The van der Waals surface area contributed by atoms with E-state index in [1.54, 1.807) is 12.1 Å². The van der Waals surface area contributed by atoms with E-state index in [-0.39, 0.29) is 24.3 Å². The first kappa shape index (κ1) is 17.8. The smallest absolute Gasteiger partial charge is 0.462 e. The van der Waals surface area contributed by atoms with Crippen LogP contribution in [0.25, 0.3) is 0 Å². The molecule has 1 aliphatic heterocycles. The normalized spacial score (nSPS) is 19.2. The van der Waals surface area contributed by atoms with Crippen LogP contribution in [0.15, 0.2) is 42.4 Å². The summed E-state index contributed by atoms with van der Waals surface area (Å²) in [5.74, 6) is 1.65. The molecule has 0 N–H and O–H groups in total. The van der Waals surface area contributed by atoms with Gasteiger partial charge in [-0.15, -0.1) is 0 Å². The van der Waals surface area contributed by atoms with Gasteiger partial charge in [0.1, 0.15) is 0 Å². The van der Waals surface area contributed by atoms with Gasteiger partial charge in [0.2, 0.25) is 0 Å². The molecule has 4 nitrogen and oxygen atoms in total. The summed E-state index contributed by atoms with van der Waals surface area (Å²) in [6, 6.07) is 9.02. The molecule has 0 radical (unpaired) electrons. The molecule has 1 aliphatic rings. The maximum absolute atomic E-state index is 11.7. The van der Waals surface area contributed by atoms with Gasteiger partial charge < -0.3 is 14.0 Å². The molecule has 1 fully saturated rings. The van der Waals surface area contributed by atoms with Crippen LogP contribution in [-0.4, -0.2) is 30.9 Å². The number of ether oxygens (including phenoxy) is 1. The van der Waals surface area contributed by atoms with E-state index in [9.17, 15) is 4.79 Å². The minimum atomic E-state index is -0.313. The Morgan fingerprint density at radius 1 is 1.13 bits per heavy atom. The van der Waals surface area contributed by atoms with E-state index in [1.165, 1.54) is 0 Å². The third-order valence-electron chi connectivity index (χ3n) is 4.32. The van der Waals surface area contributed by atoms with Crippen molar-refractivity contribution in [2.45, 2.75) is 51.7 Å². The summed E-state index contributed by atoms with van der Waals surface area (Å²) < 4.78 is 17.0. The van der Waals surface area contributed by atoms with Crippen molar-refractivity contribution in [3.05, 3.63) is 47.9 Å². The predicted molar refractivity (Wildman–Crippen MR) is 91.2 cm³/mol. The first-order valence-electron chi connectivity index (χ1n) is 8.06. The van der Waals surface area contributed by atoms with Crippen molar-refractivity contribution in [3.8, 4) is 0 Å². The molecular formula is C18H25BO4. The number of carbonyl (C=O) groups excluding carboxylic acids is 1. The molecule has 0 atom stereocenters. The molecule has 5 heteroatoms. The van der Waals surface area contributed by atoms with Crippen LogP contribution in [0.1, 0.15) is 50.9 Å². The minimum Gasteiger partial charge on any atom is -0.462 e. The lowest BCUT2D eigenvalue weighted by Gasteiger charge is -2.32. The van der Waals surface area contributed by atoms with E-state index in [4.69, 9.17) is 14.0 Å². The number of hydrogen-bond donors (Lipinski definition) is 0. The van der Waals surface area contributed by atoms with E-state index in [1.807, 2.05) is 57.9 Å². The van der Waals surface area contributed by atoms with Gasteiger partial charge in [0, 0.05) is 0 Å². The summed E-state index contributed by atoms with van der Waals surface area (Å²) in [6.07, 6.45) is 3.60. The minimum absolute atomic E-state index is 0.277. The Bertz CT molecular complexity index is 535. The second-order valence-corrected chi connectivity index (χ2v) is 6.70. The molecule has 0 spiro atoms. The van der Waals surface area contributed by atoms with Gasteiger partial charge in [-0.1, -0.05) is 30.3 Å². The Labute approximate surface area is 139 Å². The van der Waals surface area contributed by atoms with Crippen LogP contribution in [0.4, 0.5) is 0 Å². The van der Waals surface area contributed by atoms with Gasteiger partial charge in [-0.05, 0) is 52.7 Å². The van der Waals surface area contributed by atoms with Gasteiger partial charge in [0.05, 0.1) is 23.4 Å². The zero-order valence-corrected chi connectivity index (χ0v) is 14.4. The number of unbranched alkanes of at least 4 members (excludes halogenated alkanes) is 1. The molecule has 1 saturated heterocycles. The summed E-state index contributed by atoms with van der Waals surface area (Å²) in [6.45, 7) is 8.53. The van der Waals surface area contributed by atoms with Gasteiger partial charge in [-0.3, -0.25) is 0 Å². The quantitative estimate of drug-likeness (QED) is 0.455. The van der Waals surface area contributed by atoms with Crippen LogP contribution >= 0.6 is 0 Å². The maximum atomic E-state index is 11.7. The van der Waals surface area contributed by atoms with Crippen LogP contribution in [0, 0.1) is 0 Å². The van der Waals surface area contributed by atoms with Crippen molar-refractivity contribution >= 4 is 13.1 Å². The SMILES string of the molecule is CC1(C)OB(C=CCCCOC(=O)c2ccccc2)OC1(C)C. The third kappa shape index (κ3) is 4.69. The number of carbonyl (C=O) groups is 1. The highest BCUT2D eigenvalue weighted by atomic mass is 16.7. The molecule has 124 valence electrons. The number of hydrogen-bond acceptors (Lipinski definition) is 4. The van der Waals surface area contributed by atoms with Crippen LogP contribution in [0.5, 0.6) is 0 Å². The monoisotopic (exact) mass is 316 g/mol. The lowest BCUT2D eigenvalue weighted by molar-refractivity contribution is 0.00578. The highest BCUT2D eigenvalue weighted by Gasteiger charge is 2.49. The lowest BCUT2D eigenvalue weighted by Crippen LogP contribution is -2.41. The summed E-state index contributed by atoms with van der Waals surface area (Å²) in [4.78, 5) is 11.7. The fraction of sp³-hybridized carbons (Fsp3) is 0.500. The van der Waals surface area contributed by atoms with E-state index in [0.29, 0.717) is 12.2 Å². The molecule has 0 unspecified atom stereocenters. The van der Waals surface area contributed by atoms with E-state index < -0.39 is 0 Å². The fourth-order valence-electron chi connectivity index (χ4n) is 2.20. The molecule has 0 aliphatic carbocycles. The van der Waals surface area contributed by atoms with Crippen LogP contribution in [0.2, 0.25) is 0 Å². The number of esters is 1. The molecule has 0 aromatic heterocycles. The average molecular weight is 316 g/mol. The maximum Gasteiger partial charge on any atom is 0.486 e. The highest BCUT2D eigenvalue weighted by Crippen LogP contribution is 2.36. The Hall–Kier alpha value is -1.59. The van der Waals surface area contributed by atoms with Crippen molar-refractivity contribution in [1.82, 2.24) is 0 Å². The zero-order valence-electron chi connectivity index (χ0n) is 14.4. The molecule has 0 amide bonds.